The maximum Gasteiger partial charge on any atom is 0.293 e. The van der Waals surface area contributed by atoms with Crippen LogP contribution >= 0.6 is 11.3 Å². The van der Waals surface area contributed by atoms with E-state index in [1.54, 1.807) is 18.4 Å². The minimum absolute atomic E-state index is 0.0522. The van der Waals surface area contributed by atoms with E-state index in [0.717, 1.165) is 15.2 Å². The summed E-state index contributed by atoms with van der Waals surface area (Å²) in [6, 6.07) is 3.27. The highest BCUT2D eigenvalue weighted by Crippen LogP contribution is 2.32. The molecule has 0 amide bonds. The summed E-state index contributed by atoms with van der Waals surface area (Å²) in [6.07, 6.45) is 2.35. The van der Waals surface area contributed by atoms with E-state index in [9.17, 15) is 14.3 Å². The maximum atomic E-state index is 11.3. The maximum absolute atomic E-state index is 11.3. The van der Waals surface area contributed by atoms with Crippen molar-refractivity contribution in [3.63, 3.8) is 0 Å². The van der Waals surface area contributed by atoms with Crippen molar-refractivity contribution in [2.75, 3.05) is 18.1 Å². The van der Waals surface area contributed by atoms with Crippen molar-refractivity contribution in [3.05, 3.63) is 27.3 Å². The Hall–Kier alpha value is -1.54. The molecular weight excluding hydrogens is 310 g/mol. The third-order valence-corrected chi connectivity index (χ3v) is 5.55. The van der Waals surface area contributed by atoms with Crippen LogP contribution in [0.3, 0.4) is 0 Å². The summed E-state index contributed by atoms with van der Waals surface area (Å²) in [4.78, 5) is 15.1. The topological polar surface area (TPSA) is 85.1 Å². The smallest absolute Gasteiger partial charge is 0.293 e. The lowest BCUT2D eigenvalue weighted by Crippen LogP contribution is -2.15. The van der Waals surface area contributed by atoms with Gasteiger partial charge in [0.1, 0.15) is 5.69 Å². The van der Waals surface area contributed by atoms with Gasteiger partial charge in [-0.1, -0.05) is 6.92 Å². The van der Waals surface area contributed by atoms with Crippen LogP contribution in [-0.2, 0) is 10.8 Å². The van der Waals surface area contributed by atoms with E-state index in [1.165, 1.54) is 11.3 Å². The van der Waals surface area contributed by atoms with E-state index in [0.29, 0.717) is 18.7 Å². The van der Waals surface area contributed by atoms with Crippen LogP contribution in [-0.4, -0.2) is 32.2 Å². The van der Waals surface area contributed by atoms with Gasteiger partial charge < -0.3 is 5.32 Å². The molecule has 8 heteroatoms. The first kappa shape index (κ1) is 15.8. The molecule has 2 rings (SSSR count). The summed E-state index contributed by atoms with van der Waals surface area (Å²) in [5.74, 6) is 0. The van der Waals surface area contributed by atoms with Crippen LogP contribution in [0, 0.1) is 17.0 Å². The number of anilines is 1. The molecule has 0 aliphatic rings. The fraction of sp³-hybridized carbons (Fsp3) is 0.462. The largest absolute Gasteiger partial charge is 0.379 e. The van der Waals surface area contributed by atoms with Crippen LogP contribution in [0.15, 0.2) is 12.1 Å². The number of hydrogen-bond acceptors (Lipinski definition) is 6. The molecule has 0 bridgehead atoms. The monoisotopic (exact) mass is 327 g/mol. The fourth-order valence-corrected chi connectivity index (χ4v) is 3.24. The Labute approximate surface area is 129 Å². The molecule has 1 N–H and O–H groups in total. The second-order valence-electron chi connectivity index (χ2n) is 4.85. The fourth-order valence-electron chi connectivity index (χ4n) is 1.95. The standard InChI is InChI=1S/C13H17N3O3S2/c1-8(21(3)19)4-5-14-10-6-11-13(20-9(2)15-11)7-12(10)16(17)18/h6-8,14H,4-5H2,1-3H3. The lowest BCUT2D eigenvalue weighted by atomic mass is 10.2. The summed E-state index contributed by atoms with van der Waals surface area (Å²) in [5, 5.41) is 15.2. The van der Waals surface area contributed by atoms with Gasteiger partial charge in [0.15, 0.2) is 0 Å². The summed E-state index contributed by atoms with van der Waals surface area (Å²) in [5.41, 5.74) is 1.28. The zero-order valence-electron chi connectivity index (χ0n) is 12.1. The zero-order valence-corrected chi connectivity index (χ0v) is 13.7. The molecule has 6 nitrogen and oxygen atoms in total. The Balaban J connectivity index is 2.22. The van der Waals surface area contributed by atoms with Crippen LogP contribution in [0.1, 0.15) is 18.4 Å². The Kier molecular flexibility index (Phi) is 4.89. The number of aryl methyl sites for hydroxylation is 1. The second-order valence-corrected chi connectivity index (χ2v) is 7.89. The predicted molar refractivity (Wildman–Crippen MR) is 87.6 cm³/mol. The Morgan fingerprint density at radius 2 is 2.24 bits per heavy atom. The molecule has 21 heavy (non-hydrogen) atoms. The van der Waals surface area contributed by atoms with E-state index in [2.05, 4.69) is 10.3 Å². The first-order valence-electron chi connectivity index (χ1n) is 6.50. The first-order valence-corrected chi connectivity index (χ1v) is 8.94. The van der Waals surface area contributed by atoms with Crippen molar-refractivity contribution < 1.29 is 9.13 Å². The Morgan fingerprint density at radius 3 is 2.86 bits per heavy atom. The van der Waals surface area contributed by atoms with Gasteiger partial charge >= 0.3 is 0 Å². The van der Waals surface area contributed by atoms with Crippen molar-refractivity contribution in [1.29, 1.82) is 0 Å². The minimum atomic E-state index is -0.886. The number of hydrogen-bond donors (Lipinski definition) is 1. The molecule has 1 heterocycles. The van der Waals surface area contributed by atoms with E-state index >= 15 is 0 Å². The van der Waals surface area contributed by atoms with Gasteiger partial charge in [-0.25, -0.2) is 4.98 Å². The van der Waals surface area contributed by atoms with E-state index < -0.39 is 15.7 Å². The molecule has 2 atom stereocenters. The molecule has 1 aromatic carbocycles. The molecule has 0 aliphatic carbocycles. The van der Waals surface area contributed by atoms with Gasteiger partial charge in [-0.2, -0.15) is 0 Å². The number of benzene rings is 1. The van der Waals surface area contributed by atoms with Crippen LogP contribution in [0.25, 0.3) is 10.2 Å². The average Bonchev–Trinajstić information content (AvgIpc) is 2.76. The lowest BCUT2D eigenvalue weighted by molar-refractivity contribution is -0.383. The van der Waals surface area contributed by atoms with Gasteiger partial charge in [0.05, 0.1) is 20.1 Å². The molecule has 0 fully saturated rings. The molecule has 2 aromatic rings. The molecule has 0 saturated heterocycles. The predicted octanol–water partition coefficient (Wildman–Crippen LogP) is 3.08. The van der Waals surface area contributed by atoms with Gasteiger partial charge in [0.2, 0.25) is 0 Å². The van der Waals surface area contributed by atoms with Gasteiger partial charge in [-0.15, -0.1) is 11.3 Å². The van der Waals surface area contributed by atoms with Crippen LogP contribution in [0.5, 0.6) is 0 Å². The molecule has 1 aromatic heterocycles. The molecule has 2 unspecified atom stereocenters. The van der Waals surface area contributed by atoms with E-state index in [1.807, 2.05) is 13.8 Å². The number of rotatable bonds is 6. The van der Waals surface area contributed by atoms with E-state index in [-0.39, 0.29) is 10.9 Å². The molecular formula is C13H17N3O3S2. The Bertz CT molecular complexity index is 699. The van der Waals surface area contributed by atoms with Crippen molar-refractivity contribution in [1.82, 2.24) is 4.98 Å². The van der Waals surface area contributed by atoms with Crippen LogP contribution in [0.4, 0.5) is 11.4 Å². The van der Waals surface area contributed by atoms with Crippen molar-refractivity contribution in [2.45, 2.75) is 25.5 Å². The number of aromatic nitrogens is 1. The highest BCUT2D eigenvalue weighted by atomic mass is 32.2. The lowest BCUT2D eigenvalue weighted by Gasteiger charge is -2.10. The number of nitro benzene ring substituents is 1. The third kappa shape index (κ3) is 3.76. The highest BCUT2D eigenvalue weighted by Gasteiger charge is 2.17. The number of nitrogens with one attached hydrogen (secondary N) is 1. The van der Waals surface area contributed by atoms with Crippen LogP contribution in [0.2, 0.25) is 0 Å². The summed E-state index contributed by atoms with van der Waals surface area (Å²) in [7, 11) is -0.886. The van der Waals surface area contributed by atoms with Gasteiger partial charge in [-0.05, 0) is 19.4 Å². The summed E-state index contributed by atoms with van der Waals surface area (Å²) < 4.78 is 12.1. The van der Waals surface area contributed by atoms with Crippen molar-refractivity contribution in [2.24, 2.45) is 0 Å². The molecule has 0 aliphatic heterocycles. The van der Waals surface area contributed by atoms with Gasteiger partial charge in [0, 0.05) is 34.9 Å². The summed E-state index contributed by atoms with van der Waals surface area (Å²) >= 11 is 1.44. The third-order valence-electron chi connectivity index (χ3n) is 3.24. The Morgan fingerprint density at radius 1 is 1.52 bits per heavy atom. The summed E-state index contributed by atoms with van der Waals surface area (Å²) in [6.45, 7) is 4.32. The quantitative estimate of drug-likeness (QED) is 0.651. The number of nitro groups is 1. The number of thiazole rings is 1. The average molecular weight is 327 g/mol. The first-order chi connectivity index (χ1) is 9.88. The normalized spacial score (nSPS) is 14.0. The molecule has 0 spiro atoms. The molecule has 0 radical (unpaired) electrons. The second kappa shape index (κ2) is 6.48. The van der Waals surface area contributed by atoms with Crippen molar-refractivity contribution >= 4 is 43.7 Å². The van der Waals surface area contributed by atoms with Gasteiger partial charge in [-0.3, -0.25) is 14.3 Å². The number of fused-ring (bicyclic) bond motifs is 1. The molecule has 114 valence electrons. The highest BCUT2D eigenvalue weighted by molar-refractivity contribution is 7.84. The minimum Gasteiger partial charge on any atom is -0.379 e. The van der Waals surface area contributed by atoms with Crippen LogP contribution < -0.4 is 5.32 Å². The van der Waals surface area contributed by atoms with Gasteiger partial charge in [0.25, 0.3) is 5.69 Å². The van der Waals surface area contributed by atoms with Crippen molar-refractivity contribution in [3.8, 4) is 0 Å². The SMILES string of the molecule is Cc1nc2cc(NCCC(C)S(C)=O)c([N+](=O)[O-])cc2s1. The number of nitrogens with zero attached hydrogens (tertiary/aromatic N) is 2. The zero-order chi connectivity index (χ0) is 15.6. The van der Waals surface area contributed by atoms with E-state index in [4.69, 9.17) is 0 Å². The molecule has 0 saturated carbocycles.